The Hall–Kier alpha value is -2.22. The van der Waals surface area contributed by atoms with Gasteiger partial charge in [-0.25, -0.2) is 0 Å². The van der Waals surface area contributed by atoms with Gasteiger partial charge in [0.25, 0.3) is 0 Å². The topological polar surface area (TPSA) is 28.7 Å². The molecule has 0 aliphatic carbocycles. The van der Waals surface area contributed by atoms with Gasteiger partial charge in [0, 0.05) is 16.0 Å². The second-order valence-corrected chi connectivity index (χ2v) is 5.42. The van der Waals surface area contributed by atoms with E-state index in [2.05, 4.69) is 10.2 Å². The molecule has 1 aromatic heterocycles. The van der Waals surface area contributed by atoms with E-state index in [4.69, 9.17) is 11.6 Å². The first kappa shape index (κ1) is 16.6. The molecule has 0 bridgehead atoms. The van der Waals surface area contributed by atoms with E-state index < -0.39 is 28.5 Å². The molecule has 0 aliphatic heterocycles. The normalized spacial score (nSPS) is 12.8. The number of hydrogen-bond donors (Lipinski definition) is 1. The quantitative estimate of drug-likeness (QED) is 0.533. The van der Waals surface area contributed by atoms with E-state index in [1.54, 1.807) is 0 Å². The average molecular weight is 365 g/mol. The van der Waals surface area contributed by atoms with Crippen LogP contribution in [0.4, 0.5) is 26.3 Å². The Morgan fingerprint density at radius 3 is 2.12 bits per heavy atom. The van der Waals surface area contributed by atoms with Crippen LogP contribution < -0.4 is 0 Å². The Morgan fingerprint density at radius 2 is 1.54 bits per heavy atom. The first-order chi connectivity index (χ1) is 11.1. The largest absolute Gasteiger partial charge is 0.417 e. The summed E-state index contributed by atoms with van der Waals surface area (Å²) in [6.45, 7) is 0. The van der Waals surface area contributed by atoms with Crippen LogP contribution in [0.1, 0.15) is 11.1 Å². The van der Waals surface area contributed by atoms with Gasteiger partial charge >= 0.3 is 12.4 Å². The van der Waals surface area contributed by atoms with Gasteiger partial charge in [0.05, 0.1) is 22.8 Å². The molecule has 0 saturated carbocycles. The highest BCUT2D eigenvalue weighted by atomic mass is 35.5. The van der Waals surface area contributed by atoms with E-state index in [9.17, 15) is 26.3 Å². The first-order valence-corrected chi connectivity index (χ1v) is 6.87. The molecule has 2 aromatic carbocycles. The number of H-pyrrole nitrogens is 1. The number of benzene rings is 2. The van der Waals surface area contributed by atoms with E-state index in [0.717, 1.165) is 18.3 Å². The van der Waals surface area contributed by atoms with Crippen LogP contribution in [0.2, 0.25) is 5.02 Å². The maximum Gasteiger partial charge on any atom is 0.417 e. The second kappa shape index (κ2) is 5.41. The summed E-state index contributed by atoms with van der Waals surface area (Å²) in [6.07, 6.45) is -8.35. The average Bonchev–Trinajstić information content (AvgIpc) is 2.92. The van der Waals surface area contributed by atoms with Crippen LogP contribution in [0.5, 0.6) is 0 Å². The molecule has 0 saturated heterocycles. The molecule has 1 N–H and O–H groups in total. The van der Waals surface area contributed by atoms with E-state index in [1.807, 2.05) is 0 Å². The van der Waals surface area contributed by atoms with Gasteiger partial charge in [-0.3, -0.25) is 5.10 Å². The van der Waals surface area contributed by atoms with Gasteiger partial charge < -0.3 is 0 Å². The van der Waals surface area contributed by atoms with E-state index >= 15 is 0 Å². The minimum Gasteiger partial charge on any atom is -0.278 e. The molecule has 0 spiro atoms. The number of rotatable bonds is 1. The van der Waals surface area contributed by atoms with Gasteiger partial charge in [0.1, 0.15) is 0 Å². The minimum atomic E-state index is -4.73. The number of alkyl halides is 6. The smallest absolute Gasteiger partial charge is 0.278 e. The van der Waals surface area contributed by atoms with Crippen molar-refractivity contribution in [2.75, 3.05) is 0 Å². The summed E-state index contributed by atoms with van der Waals surface area (Å²) in [6, 6.07) is 4.75. The van der Waals surface area contributed by atoms with E-state index in [0.29, 0.717) is 12.1 Å². The highest BCUT2D eigenvalue weighted by molar-refractivity contribution is 6.33. The van der Waals surface area contributed by atoms with Crippen molar-refractivity contribution in [3.63, 3.8) is 0 Å². The number of aromatic nitrogens is 2. The molecular weight excluding hydrogens is 358 g/mol. The fourth-order valence-electron chi connectivity index (χ4n) is 2.46. The molecule has 126 valence electrons. The third-order valence-corrected chi connectivity index (χ3v) is 3.81. The zero-order valence-electron chi connectivity index (χ0n) is 11.6. The second-order valence-electron chi connectivity index (χ2n) is 5.01. The predicted molar refractivity (Wildman–Crippen MR) is 76.5 cm³/mol. The van der Waals surface area contributed by atoms with Crippen molar-refractivity contribution in [2.24, 2.45) is 0 Å². The van der Waals surface area contributed by atoms with Crippen molar-refractivity contribution >= 4 is 22.5 Å². The summed E-state index contributed by atoms with van der Waals surface area (Å²) in [5.74, 6) is 0. The van der Waals surface area contributed by atoms with Crippen LogP contribution in [-0.4, -0.2) is 10.2 Å². The van der Waals surface area contributed by atoms with Gasteiger partial charge in [0.2, 0.25) is 0 Å². The van der Waals surface area contributed by atoms with E-state index in [1.165, 1.54) is 6.07 Å². The summed E-state index contributed by atoms with van der Waals surface area (Å²) < 4.78 is 78.5. The lowest BCUT2D eigenvalue weighted by molar-refractivity contribution is -0.138. The summed E-state index contributed by atoms with van der Waals surface area (Å²) in [7, 11) is 0. The number of aromatic amines is 1. The van der Waals surface area contributed by atoms with Crippen LogP contribution in [0.25, 0.3) is 22.0 Å². The van der Waals surface area contributed by atoms with Gasteiger partial charge in [-0.2, -0.15) is 31.4 Å². The van der Waals surface area contributed by atoms with Crippen molar-refractivity contribution in [1.29, 1.82) is 0 Å². The molecule has 1 heterocycles. The Morgan fingerprint density at radius 1 is 0.875 bits per heavy atom. The van der Waals surface area contributed by atoms with Crippen molar-refractivity contribution in [3.8, 4) is 11.1 Å². The SMILES string of the molecule is FC(F)(F)c1ccc(-c2ccc3[nH]ncc3c2C(F)(F)F)c(Cl)c1. The molecule has 3 aromatic rings. The lowest BCUT2D eigenvalue weighted by Gasteiger charge is -2.16. The first-order valence-electron chi connectivity index (χ1n) is 6.49. The number of fused-ring (bicyclic) bond motifs is 1. The predicted octanol–water partition coefficient (Wildman–Crippen LogP) is 5.92. The Bertz CT molecular complexity index is 910. The number of nitrogens with zero attached hydrogens (tertiary/aromatic N) is 1. The Labute approximate surface area is 136 Å². The number of halogens is 7. The lowest BCUT2D eigenvalue weighted by Crippen LogP contribution is -2.09. The number of hydrogen-bond acceptors (Lipinski definition) is 1. The van der Waals surface area contributed by atoms with Crippen molar-refractivity contribution in [2.45, 2.75) is 12.4 Å². The summed E-state index contributed by atoms with van der Waals surface area (Å²) in [5, 5.41) is 5.39. The summed E-state index contributed by atoms with van der Waals surface area (Å²) in [5.41, 5.74) is -2.33. The molecule has 0 atom stereocenters. The van der Waals surface area contributed by atoms with Gasteiger partial charge in [0.15, 0.2) is 0 Å². The monoisotopic (exact) mass is 364 g/mol. The van der Waals surface area contributed by atoms with Gasteiger partial charge in [-0.1, -0.05) is 23.7 Å². The Balaban J connectivity index is 2.27. The molecule has 0 unspecified atom stereocenters. The van der Waals surface area contributed by atoms with Gasteiger partial charge in [-0.05, 0) is 23.8 Å². The molecule has 9 heteroatoms. The standard InChI is InChI=1S/C15H7ClF6N2/c16-11-5-7(14(17,18)19)1-2-8(11)9-3-4-12-10(6-23-24-12)13(9)15(20,21)22/h1-6H,(H,23,24). The molecule has 0 radical (unpaired) electrons. The molecule has 24 heavy (non-hydrogen) atoms. The maximum atomic E-state index is 13.5. The van der Waals surface area contributed by atoms with Crippen LogP contribution in [-0.2, 0) is 12.4 Å². The highest BCUT2D eigenvalue weighted by Crippen LogP contribution is 2.44. The molecule has 2 nitrogen and oxygen atoms in total. The van der Waals surface area contributed by atoms with E-state index in [-0.39, 0.29) is 22.0 Å². The lowest BCUT2D eigenvalue weighted by atomic mass is 9.95. The minimum absolute atomic E-state index is 0.139. The molecule has 0 amide bonds. The van der Waals surface area contributed by atoms with Crippen molar-refractivity contribution in [1.82, 2.24) is 10.2 Å². The molecular formula is C15H7ClF6N2. The van der Waals surface area contributed by atoms with Crippen LogP contribution in [0, 0.1) is 0 Å². The van der Waals surface area contributed by atoms with Crippen LogP contribution >= 0.6 is 11.6 Å². The fraction of sp³-hybridized carbons (Fsp3) is 0.133. The van der Waals surface area contributed by atoms with Crippen molar-refractivity contribution < 1.29 is 26.3 Å². The number of nitrogens with one attached hydrogen (secondary N) is 1. The highest BCUT2D eigenvalue weighted by Gasteiger charge is 2.37. The third kappa shape index (κ3) is 2.82. The molecule has 0 fully saturated rings. The van der Waals surface area contributed by atoms with Crippen LogP contribution in [0.15, 0.2) is 36.5 Å². The summed E-state index contributed by atoms with van der Waals surface area (Å²) >= 11 is 5.83. The fourth-order valence-corrected chi connectivity index (χ4v) is 2.74. The van der Waals surface area contributed by atoms with Crippen LogP contribution in [0.3, 0.4) is 0 Å². The molecule has 0 aliphatic rings. The third-order valence-electron chi connectivity index (χ3n) is 3.49. The maximum absolute atomic E-state index is 13.5. The Kier molecular flexibility index (Phi) is 3.75. The zero-order chi connectivity index (χ0) is 17.7. The van der Waals surface area contributed by atoms with Crippen molar-refractivity contribution in [3.05, 3.63) is 52.7 Å². The summed E-state index contributed by atoms with van der Waals surface area (Å²) in [4.78, 5) is 0. The zero-order valence-corrected chi connectivity index (χ0v) is 12.3. The molecule has 3 rings (SSSR count). The van der Waals surface area contributed by atoms with Gasteiger partial charge in [-0.15, -0.1) is 0 Å².